The Hall–Kier alpha value is -5.47. The molecular weight excluding hydrogens is 637 g/mol. The van der Waals surface area contributed by atoms with Crippen LogP contribution in [0.3, 0.4) is 0 Å². The highest BCUT2D eigenvalue weighted by Crippen LogP contribution is 2.55. The summed E-state index contributed by atoms with van der Waals surface area (Å²) in [6.07, 6.45) is -3.14. The van der Waals surface area contributed by atoms with Crippen molar-refractivity contribution < 1.29 is 51.2 Å². The van der Waals surface area contributed by atoms with E-state index in [-0.39, 0.29) is 25.6 Å². The molecule has 1 saturated heterocycles. The van der Waals surface area contributed by atoms with Crippen LogP contribution >= 0.6 is 0 Å². The van der Waals surface area contributed by atoms with Gasteiger partial charge in [0.25, 0.3) is 5.91 Å². The van der Waals surface area contributed by atoms with Gasteiger partial charge >= 0.3 is 12.1 Å². The van der Waals surface area contributed by atoms with Crippen LogP contribution in [0.4, 0.5) is 13.2 Å². The van der Waals surface area contributed by atoms with Crippen molar-refractivity contribution >= 4 is 11.9 Å². The van der Waals surface area contributed by atoms with Crippen molar-refractivity contribution in [2.45, 2.75) is 24.7 Å². The molecule has 1 fully saturated rings. The molecule has 7 rings (SSSR count). The molecule has 4 atom stereocenters. The molecule has 0 spiro atoms. The zero-order chi connectivity index (χ0) is 33.7. The summed E-state index contributed by atoms with van der Waals surface area (Å²) < 4.78 is 74.6. The van der Waals surface area contributed by atoms with E-state index >= 15 is 0 Å². The van der Waals surface area contributed by atoms with Gasteiger partial charge in [-0.2, -0.15) is 13.2 Å². The van der Waals surface area contributed by atoms with Gasteiger partial charge < -0.3 is 33.7 Å². The molecule has 3 aromatic carbocycles. The number of benzene rings is 3. The fourth-order valence-electron chi connectivity index (χ4n) is 6.76. The van der Waals surface area contributed by atoms with E-state index in [1.54, 1.807) is 24.3 Å². The first-order valence-corrected chi connectivity index (χ1v) is 14.9. The van der Waals surface area contributed by atoms with E-state index in [2.05, 4.69) is 15.6 Å². The SMILES string of the molecule is COc1cc([C@@H]2c3cc4c(cc3[C@@H](NC(=O)c3cn(Cc5cccc(C(F)(F)F)c5)nn3)[C@H]3COC(=O)[C@H]23)OCO4)cc(OC)c1OC. The number of halogens is 3. The number of carbonyl (C=O) groups excluding carboxylic acids is 2. The summed E-state index contributed by atoms with van der Waals surface area (Å²) in [7, 11) is 4.50. The minimum atomic E-state index is -4.50. The predicted octanol–water partition coefficient (Wildman–Crippen LogP) is 4.51. The summed E-state index contributed by atoms with van der Waals surface area (Å²) in [4.78, 5) is 27.1. The van der Waals surface area contributed by atoms with E-state index in [0.717, 1.165) is 12.1 Å². The molecule has 1 amide bonds. The van der Waals surface area contributed by atoms with Gasteiger partial charge in [0, 0.05) is 11.8 Å². The summed E-state index contributed by atoms with van der Waals surface area (Å²) in [6.45, 7) is 0.00289. The first kappa shape index (κ1) is 31.1. The number of methoxy groups -OCH3 is 3. The number of alkyl halides is 3. The second kappa shape index (κ2) is 12.0. The van der Waals surface area contributed by atoms with Crippen LogP contribution < -0.4 is 29.0 Å². The molecule has 0 saturated carbocycles. The van der Waals surface area contributed by atoms with Gasteiger partial charge in [0.1, 0.15) is 0 Å². The third-order valence-electron chi connectivity index (χ3n) is 8.89. The van der Waals surface area contributed by atoms with Crippen LogP contribution in [0.15, 0.2) is 54.7 Å². The molecule has 15 heteroatoms. The topological polar surface area (TPSA) is 132 Å². The number of cyclic esters (lactones) is 1. The molecule has 250 valence electrons. The summed E-state index contributed by atoms with van der Waals surface area (Å²) in [5, 5.41) is 11.0. The number of carbonyl (C=O) groups is 2. The number of nitrogens with one attached hydrogen (secondary N) is 1. The molecule has 3 heterocycles. The van der Waals surface area contributed by atoms with Gasteiger partial charge in [-0.25, -0.2) is 4.68 Å². The highest BCUT2D eigenvalue weighted by Gasteiger charge is 2.53. The number of aromatic nitrogens is 3. The molecule has 48 heavy (non-hydrogen) atoms. The quantitative estimate of drug-likeness (QED) is 0.268. The molecule has 2 aliphatic heterocycles. The average Bonchev–Trinajstić information content (AvgIpc) is 3.83. The number of hydrogen-bond donors (Lipinski definition) is 1. The van der Waals surface area contributed by atoms with Crippen molar-refractivity contribution in [1.29, 1.82) is 0 Å². The maximum atomic E-state index is 13.7. The van der Waals surface area contributed by atoms with E-state index in [1.807, 2.05) is 0 Å². The van der Waals surface area contributed by atoms with Crippen LogP contribution in [0.2, 0.25) is 0 Å². The van der Waals surface area contributed by atoms with Crippen LogP contribution in [0.25, 0.3) is 0 Å². The number of ether oxygens (including phenoxy) is 6. The van der Waals surface area contributed by atoms with Gasteiger partial charge in [0.05, 0.1) is 58.2 Å². The van der Waals surface area contributed by atoms with Crippen LogP contribution in [0.5, 0.6) is 28.7 Å². The van der Waals surface area contributed by atoms with Gasteiger partial charge in [-0.15, -0.1) is 5.10 Å². The van der Waals surface area contributed by atoms with Crippen molar-refractivity contribution in [3.05, 3.63) is 88.2 Å². The Morgan fingerprint density at radius 1 is 0.979 bits per heavy atom. The lowest BCUT2D eigenvalue weighted by Crippen LogP contribution is -2.43. The Kier molecular flexibility index (Phi) is 7.76. The highest BCUT2D eigenvalue weighted by molar-refractivity contribution is 5.92. The monoisotopic (exact) mass is 666 g/mol. The number of nitrogens with zero attached hydrogens (tertiary/aromatic N) is 3. The number of rotatable bonds is 8. The molecule has 0 unspecified atom stereocenters. The number of hydrogen-bond acceptors (Lipinski definition) is 10. The van der Waals surface area contributed by atoms with E-state index in [9.17, 15) is 22.8 Å². The van der Waals surface area contributed by atoms with Crippen LogP contribution in [0, 0.1) is 11.8 Å². The van der Waals surface area contributed by atoms with Crippen LogP contribution in [0.1, 0.15) is 50.3 Å². The van der Waals surface area contributed by atoms with Crippen molar-refractivity contribution in [1.82, 2.24) is 20.3 Å². The lowest BCUT2D eigenvalue weighted by molar-refractivity contribution is -0.141. The normalized spacial score (nSPS) is 20.8. The average molecular weight is 667 g/mol. The molecule has 3 aliphatic rings. The third kappa shape index (κ3) is 5.38. The molecule has 4 aromatic rings. The van der Waals surface area contributed by atoms with E-state index in [1.165, 1.54) is 44.3 Å². The van der Waals surface area contributed by atoms with E-state index < -0.39 is 47.4 Å². The Morgan fingerprint density at radius 3 is 2.35 bits per heavy atom. The zero-order valence-electron chi connectivity index (χ0n) is 25.9. The summed E-state index contributed by atoms with van der Waals surface area (Å²) in [6, 6.07) is 11.3. The first-order valence-electron chi connectivity index (χ1n) is 14.9. The molecule has 0 radical (unpaired) electrons. The molecule has 1 aromatic heterocycles. The minimum Gasteiger partial charge on any atom is -0.493 e. The second-order valence-corrected chi connectivity index (χ2v) is 11.5. The van der Waals surface area contributed by atoms with Gasteiger partial charge in [-0.1, -0.05) is 17.3 Å². The zero-order valence-corrected chi connectivity index (χ0v) is 25.9. The lowest BCUT2D eigenvalue weighted by Gasteiger charge is -2.39. The molecule has 12 nitrogen and oxygen atoms in total. The van der Waals surface area contributed by atoms with Crippen molar-refractivity contribution in [2.75, 3.05) is 34.7 Å². The van der Waals surface area contributed by atoms with E-state index in [0.29, 0.717) is 51.0 Å². The van der Waals surface area contributed by atoms with E-state index in [4.69, 9.17) is 28.4 Å². The second-order valence-electron chi connectivity index (χ2n) is 11.5. The Morgan fingerprint density at radius 2 is 1.69 bits per heavy atom. The van der Waals surface area contributed by atoms with Crippen molar-refractivity contribution in [2.24, 2.45) is 11.8 Å². The van der Waals surface area contributed by atoms with Gasteiger partial charge in [0.2, 0.25) is 12.5 Å². The third-order valence-corrected chi connectivity index (χ3v) is 8.89. The summed E-state index contributed by atoms with van der Waals surface area (Å²) >= 11 is 0. The minimum absolute atomic E-state index is 0.00792. The van der Waals surface area contributed by atoms with Gasteiger partial charge in [0.15, 0.2) is 28.7 Å². The lowest BCUT2D eigenvalue weighted by atomic mass is 9.65. The van der Waals surface area contributed by atoms with Crippen molar-refractivity contribution in [3.8, 4) is 28.7 Å². The first-order chi connectivity index (χ1) is 23.1. The Bertz CT molecular complexity index is 1890. The highest BCUT2D eigenvalue weighted by atomic mass is 19.4. The predicted molar refractivity (Wildman–Crippen MR) is 159 cm³/mol. The maximum absolute atomic E-state index is 13.7. The largest absolute Gasteiger partial charge is 0.493 e. The Labute approximate surface area is 271 Å². The van der Waals surface area contributed by atoms with Crippen molar-refractivity contribution in [3.63, 3.8) is 0 Å². The van der Waals surface area contributed by atoms with Gasteiger partial charge in [-0.3, -0.25) is 9.59 Å². The fourth-order valence-corrected chi connectivity index (χ4v) is 6.76. The number of esters is 1. The van der Waals surface area contributed by atoms with Crippen LogP contribution in [-0.4, -0.2) is 61.6 Å². The number of amides is 1. The number of fused-ring (bicyclic) bond motifs is 3. The Balaban J connectivity index is 1.24. The summed E-state index contributed by atoms with van der Waals surface area (Å²) in [5.74, 6) is -0.642. The maximum Gasteiger partial charge on any atom is 0.416 e. The fraction of sp³-hybridized carbons (Fsp3) is 0.333. The molecular formula is C33H29F3N4O8. The molecule has 0 bridgehead atoms. The standard InChI is InChI=1S/C33H29F3N4O8/c1-43-25-8-17(9-26(44-2)30(25)45-3)27-19-10-23-24(48-15-47-23)11-20(19)29(21-14-46-32(42)28(21)27)37-31(41)22-13-40(39-38-22)12-16-5-4-6-18(7-16)33(34,35)36/h4-11,13,21,27-29H,12,14-15H2,1-3H3,(H,37,41)/t21-,27+,28-,29+/m0/s1. The molecule has 1 aliphatic carbocycles. The van der Waals surface area contributed by atoms with Gasteiger partial charge in [-0.05, 0) is 58.7 Å². The van der Waals surface area contributed by atoms with Crippen LogP contribution in [-0.2, 0) is 22.3 Å². The summed E-state index contributed by atoms with van der Waals surface area (Å²) in [5.41, 5.74) is 1.57. The molecule has 1 N–H and O–H groups in total. The smallest absolute Gasteiger partial charge is 0.416 e.